The van der Waals surface area contributed by atoms with Gasteiger partial charge < -0.3 is 4.42 Å². The van der Waals surface area contributed by atoms with Crippen molar-refractivity contribution in [3.8, 4) is 11.5 Å². The van der Waals surface area contributed by atoms with Crippen LogP contribution in [0.5, 0.6) is 0 Å². The maximum absolute atomic E-state index is 12.8. The van der Waals surface area contributed by atoms with Crippen LogP contribution in [0.4, 0.5) is 8.78 Å². The number of rotatable bonds is 2. The summed E-state index contributed by atoms with van der Waals surface area (Å²) >= 11 is 0. The molecule has 0 bridgehead atoms. The molecule has 0 unspecified atom stereocenters. The first-order chi connectivity index (χ1) is 7.20. The molecule has 1 aromatic carbocycles. The topological polar surface area (TPSA) is 56.0 Å². The Kier molecular flexibility index (Phi) is 2.24. The lowest BCUT2D eigenvalue weighted by atomic mass is 10.2. The number of nitrogens with zero attached hydrogens (tertiary/aromatic N) is 2. The second-order valence-electron chi connectivity index (χ2n) is 2.69. The molecule has 0 saturated heterocycles. The van der Waals surface area contributed by atoms with Crippen LogP contribution in [0.1, 0.15) is 10.7 Å². The minimum absolute atomic E-state index is 0.0315. The van der Waals surface area contributed by atoms with Crippen molar-refractivity contribution in [2.45, 2.75) is 0 Å². The van der Waals surface area contributed by atoms with Gasteiger partial charge in [-0.25, -0.2) is 8.78 Å². The lowest BCUT2D eigenvalue weighted by molar-refractivity contribution is 0.109. The summed E-state index contributed by atoms with van der Waals surface area (Å²) in [5.74, 6) is -2.22. The normalized spacial score (nSPS) is 10.3. The summed E-state index contributed by atoms with van der Waals surface area (Å²) in [4.78, 5) is 10.2. The highest BCUT2D eigenvalue weighted by molar-refractivity contribution is 5.68. The summed E-state index contributed by atoms with van der Waals surface area (Å²) in [6.07, 6.45) is 0.371. The van der Waals surface area contributed by atoms with E-state index in [0.29, 0.717) is 6.29 Å². The van der Waals surface area contributed by atoms with Crippen molar-refractivity contribution >= 4 is 6.29 Å². The molecule has 0 aliphatic heterocycles. The Morgan fingerprint density at radius 3 is 2.60 bits per heavy atom. The average Bonchev–Trinajstić information content (AvgIpc) is 2.70. The zero-order valence-electron chi connectivity index (χ0n) is 7.28. The van der Waals surface area contributed by atoms with E-state index in [1.54, 1.807) is 0 Å². The van der Waals surface area contributed by atoms with Crippen LogP contribution in [-0.2, 0) is 0 Å². The molecular weight excluding hydrogens is 206 g/mol. The molecule has 0 atom stereocenters. The van der Waals surface area contributed by atoms with E-state index < -0.39 is 11.6 Å². The van der Waals surface area contributed by atoms with Gasteiger partial charge in [0.1, 0.15) is 0 Å². The molecule has 0 aliphatic rings. The smallest absolute Gasteiger partial charge is 0.280 e. The molecule has 1 aromatic heterocycles. The molecular formula is C9H4F2N2O2. The Labute approximate surface area is 82.5 Å². The van der Waals surface area contributed by atoms with Crippen LogP contribution < -0.4 is 0 Å². The average molecular weight is 210 g/mol. The van der Waals surface area contributed by atoms with E-state index in [9.17, 15) is 13.6 Å². The molecule has 0 N–H and O–H groups in total. The minimum Gasteiger partial charge on any atom is -0.414 e. The Hall–Kier alpha value is -2.11. The molecule has 1 heterocycles. The van der Waals surface area contributed by atoms with Crippen LogP contribution in [0, 0.1) is 11.6 Å². The molecule has 0 saturated carbocycles. The second kappa shape index (κ2) is 3.56. The summed E-state index contributed by atoms with van der Waals surface area (Å²) < 4.78 is 30.2. The zero-order chi connectivity index (χ0) is 10.8. The molecule has 76 valence electrons. The van der Waals surface area contributed by atoms with Gasteiger partial charge in [-0.15, -0.1) is 10.2 Å². The maximum Gasteiger partial charge on any atom is 0.280 e. The molecule has 4 nitrogen and oxygen atoms in total. The van der Waals surface area contributed by atoms with Crippen LogP contribution in [0.3, 0.4) is 0 Å². The number of hydrogen-bond donors (Lipinski definition) is 0. The predicted octanol–water partition coefficient (Wildman–Crippen LogP) is 1.83. The van der Waals surface area contributed by atoms with Crippen molar-refractivity contribution in [1.82, 2.24) is 10.2 Å². The van der Waals surface area contributed by atoms with Gasteiger partial charge in [0.05, 0.1) is 0 Å². The van der Waals surface area contributed by atoms with E-state index in [-0.39, 0.29) is 17.3 Å². The molecule has 0 amide bonds. The second-order valence-corrected chi connectivity index (χ2v) is 2.69. The van der Waals surface area contributed by atoms with Crippen LogP contribution in [0.15, 0.2) is 22.6 Å². The van der Waals surface area contributed by atoms with Gasteiger partial charge in [-0.05, 0) is 18.2 Å². The number of aldehydes is 1. The fourth-order valence-corrected chi connectivity index (χ4v) is 1.03. The lowest BCUT2D eigenvalue weighted by Crippen LogP contribution is -1.85. The molecule has 0 fully saturated rings. The molecule has 2 aromatic rings. The highest BCUT2D eigenvalue weighted by atomic mass is 19.2. The zero-order valence-corrected chi connectivity index (χ0v) is 7.28. The number of carbonyl (C=O) groups excluding carboxylic acids is 1. The summed E-state index contributed by atoms with van der Waals surface area (Å²) in [6, 6.07) is 3.13. The van der Waals surface area contributed by atoms with Gasteiger partial charge in [0, 0.05) is 5.56 Å². The van der Waals surface area contributed by atoms with Gasteiger partial charge in [-0.3, -0.25) is 4.79 Å². The van der Waals surface area contributed by atoms with Gasteiger partial charge in [0.25, 0.3) is 5.89 Å². The number of halogens is 2. The van der Waals surface area contributed by atoms with Crippen LogP contribution in [-0.4, -0.2) is 16.5 Å². The number of carbonyl (C=O) groups is 1. The Bertz CT molecular complexity index is 511. The number of aromatic nitrogens is 2. The quantitative estimate of drug-likeness (QED) is 0.709. The van der Waals surface area contributed by atoms with Gasteiger partial charge in [-0.2, -0.15) is 0 Å². The van der Waals surface area contributed by atoms with Crippen LogP contribution in [0.2, 0.25) is 0 Å². The van der Waals surface area contributed by atoms with Gasteiger partial charge >= 0.3 is 0 Å². The molecule has 0 radical (unpaired) electrons. The molecule has 2 rings (SSSR count). The van der Waals surface area contributed by atoms with Crippen LogP contribution >= 0.6 is 0 Å². The van der Waals surface area contributed by atoms with Crippen molar-refractivity contribution in [2.75, 3.05) is 0 Å². The Morgan fingerprint density at radius 2 is 2.00 bits per heavy atom. The monoisotopic (exact) mass is 210 g/mol. The highest BCUT2D eigenvalue weighted by Crippen LogP contribution is 2.19. The van der Waals surface area contributed by atoms with Crippen molar-refractivity contribution in [2.24, 2.45) is 0 Å². The van der Waals surface area contributed by atoms with Gasteiger partial charge in [-0.1, -0.05) is 0 Å². The van der Waals surface area contributed by atoms with E-state index in [0.717, 1.165) is 12.1 Å². The highest BCUT2D eigenvalue weighted by Gasteiger charge is 2.10. The van der Waals surface area contributed by atoms with E-state index in [2.05, 4.69) is 10.2 Å². The third-order valence-electron chi connectivity index (χ3n) is 1.71. The van der Waals surface area contributed by atoms with E-state index in [1.165, 1.54) is 6.07 Å². The maximum atomic E-state index is 12.8. The van der Waals surface area contributed by atoms with E-state index >= 15 is 0 Å². The molecule has 0 aliphatic carbocycles. The Morgan fingerprint density at radius 1 is 1.20 bits per heavy atom. The SMILES string of the molecule is O=Cc1nnc(-c2ccc(F)c(F)c2)o1. The van der Waals surface area contributed by atoms with Gasteiger partial charge in [0.15, 0.2) is 11.6 Å². The third kappa shape index (κ3) is 1.74. The van der Waals surface area contributed by atoms with Gasteiger partial charge in [0.2, 0.25) is 12.2 Å². The lowest BCUT2D eigenvalue weighted by Gasteiger charge is -1.95. The first-order valence-electron chi connectivity index (χ1n) is 3.95. The van der Waals surface area contributed by atoms with Crippen molar-refractivity contribution in [1.29, 1.82) is 0 Å². The van der Waals surface area contributed by atoms with E-state index in [1.807, 2.05) is 0 Å². The van der Waals surface area contributed by atoms with Crippen molar-refractivity contribution < 1.29 is 18.0 Å². The first-order valence-corrected chi connectivity index (χ1v) is 3.95. The molecule has 15 heavy (non-hydrogen) atoms. The summed E-state index contributed by atoms with van der Waals surface area (Å²) in [6.45, 7) is 0. The summed E-state index contributed by atoms with van der Waals surface area (Å²) in [7, 11) is 0. The molecule has 0 spiro atoms. The summed E-state index contributed by atoms with van der Waals surface area (Å²) in [5.41, 5.74) is 0.217. The van der Waals surface area contributed by atoms with E-state index in [4.69, 9.17) is 4.42 Å². The Balaban J connectivity index is 2.44. The number of hydrogen-bond acceptors (Lipinski definition) is 4. The minimum atomic E-state index is -1.02. The van der Waals surface area contributed by atoms with Crippen molar-refractivity contribution in [3.63, 3.8) is 0 Å². The summed E-state index contributed by atoms with van der Waals surface area (Å²) in [5, 5.41) is 6.85. The molecule has 6 heteroatoms. The first kappa shape index (κ1) is 9.45. The van der Waals surface area contributed by atoms with Crippen molar-refractivity contribution in [3.05, 3.63) is 35.7 Å². The largest absolute Gasteiger partial charge is 0.414 e. The fraction of sp³-hybridized carbons (Fsp3) is 0. The fourth-order valence-electron chi connectivity index (χ4n) is 1.03. The third-order valence-corrected chi connectivity index (χ3v) is 1.71. The predicted molar refractivity (Wildman–Crippen MR) is 45.0 cm³/mol. The van der Waals surface area contributed by atoms with Crippen LogP contribution in [0.25, 0.3) is 11.5 Å². The number of benzene rings is 1. The standard InChI is InChI=1S/C9H4F2N2O2/c10-6-2-1-5(3-7(6)11)9-13-12-8(4-14)15-9/h1-4H.